The fraction of sp³-hybridized carbons (Fsp3) is 0.190. The van der Waals surface area contributed by atoms with Crippen molar-refractivity contribution in [2.45, 2.75) is 11.1 Å². The minimum atomic E-state index is -4.46. The van der Waals surface area contributed by atoms with Gasteiger partial charge in [-0.1, -0.05) is 18.2 Å². The van der Waals surface area contributed by atoms with Crippen molar-refractivity contribution in [3.8, 4) is 5.69 Å². The van der Waals surface area contributed by atoms with E-state index >= 15 is 0 Å². The molecule has 0 aliphatic carbocycles. The molecule has 0 aliphatic heterocycles. The van der Waals surface area contributed by atoms with Crippen LogP contribution in [0.4, 0.5) is 18.9 Å². The molecule has 1 aromatic heterocycles. The van der Waals surface area contributed by atoms with E-state index in [0.717, 1.165) is 12.1 Å². The van der Waals surface area contributed by atoms with Gasteiger partial charge in [-0.15, -0.1) is 11.8 Å². The van der Waals surface area contributed by atoms with Crippen LogP contribution < -0.4 is 5.32 Å². The summed E-state index contributed by atoms with van der Waals surface area (Å²) in [5, 5.41) is 6.73. The molecule has 1 heterocycles. The lowest BCUT2D eigenvalue weighted by atomic mass is 10.2. The van der Waals surface area contributed by atoms with Gasteiger partial charge in [0.2, 0.25) is 5.91 Å². The molecule has 2 amide bonds. The number of hydrogen-bond donors (Lipinski definition) is 1. The predicted octanol–water partition coefficient (Wildman–Crippen LogP) is 4.32. The number of rotatable bonds is 6. The summed E-state index contributed by atoms with van der Waals surface area (Å²) < 4.78 is 40.0. The molecule has 0 fully saturated rings. The molecule has 10 heteroatoms. The van der Waals surface area contributed by atoms with Gasteiger partial charge in [0.15, 0.2) is 0 Å². The van der Waals surface area contributed by atoms with Gasteiger partial charge < -0.3 is 10.2 Å². The van der Waals surface area contributed by atoms with Crippen molar-refractivity contribution in [2.24, 2.45) is 0 Å². The van der Waals surface area contributed by atoms with Crippen molar-refractivity contribution in [1.29, 1.82) is 0 Å². The van der Waals surface area contributed by atoms with Crippen molar-refractivity contribution >= 4 is 29.3 Å². The number of nitrogens with one attached hydrogen (secondary N) is 1. The molecule has 2 aromatic carbocycles. The van der Waals surface area contributed by atoms with Gasteiger partial charge in [0, 0.05) is 19.0 Å². The Labute approximate surface area is 181 Å². The number of hydrogen-bond acceptors (Lipinski definition) is 4. The van der Waals surface area contributed by atoms with Gasteiger partial charge >= 0.3 is 6.18 Å². The van der Waals surface area contributed by atoms with Gasteiger partial charge in [-0.2, -0.15) is 18.3 Å². The summed E-state index contributed by atoms with van der Waals surface area (Å²) in [4.78, 5) is 26.7. The minimum absolute atomic E-state index is 0.0809. The molecule has 0 unspecified atom stereocenters. The number of halogens is 3. The van der Waals surface area contributed by atoms with Crippen molar-refractivity contribution in [2.75, 3.05) is 25.2 Å². The van der Waals surface area contributed by atoms with Crippen molar-refractivity contribution in [3.63, 3.8) is 0 Å². The first kappa shape index (κ1) is 22.4. The van der Waals surface area contributed by atoms with Crippen LogP contribution in [0.25, 0.3) is 5.69 Å². The molecule has 0 radical (unpaired) electrons. The normalized spacial score (nSPS) is 11.3. The van der Waals surface area contributed by atoms with Crippen LogP contribution in [0.15, 0.2) is 65.8 Å². The fourth-order valence-electron chi connectivity index (χ4n) is 2.60. The molecular formula is C21H19F3N4O2S. The number of benzene rings is 2. The number of aromatic nitrogens is 2. The average molecular weight is 448 g/mol. The second-order valence-corrected chi connectivity index (χ2v) is 7.77. The smallest absolute Gasteiger partial charge is 0.348 e. The number of amides is 2. The molecule has 31 heavy (non-hydrogen) atoms. The van der Waals surface area contributed by atoms with Crippen LogP contribution in [0.3, 0.4) is 0 Å². The van der Waals surface area contributed by atoms with Gasteiger partial charge in [-0.3, -0.25) is 9.59 Å². The summed E-state index contributed by atoms with van der Waals surface area (Å²) in [6.45, 7) is 0. The zero-order valence-electron chi connectivity index (χ0n) is 16.7. The van der Waals surface area contributed by atoms with E-state index in [-0.39, 0.29) is 17.3 Å². The summed E-state index contributed by atoms with van der Waals surface area (Å²) in [5.41, 5.74) is 0.134. The Kier molecular flexibility index (Phi) is 6.69. The molecule has 3 rings (SSSR count). The lowest BCUT2D eigenvalue weighted by Crippen LogP contribution is -2.23. The van der Waals surface area contributed by atoms with E-state index < -0.39 is 17.6 Å². The van der Waals surface area contributed by atoms with Crippen LogP contribution in [0.5, 0.6) is 0 Å². The van der Waals surface area contributed by atoms with Crippen LogP contribution in [0.2, 0.25) is 0 Å². The van der Waals surface area contributed by atoms with Crippen LogP contribution in [0, 0.1) is 0 Å². The number of nitrogens with zero attached hydrogens (tertiary/aromatic N) is 3. The third-order valence-corrected chi connectivity index (χ3v) is 5.32. The highest BCUT2D eigenvalue weighted by atomic mass is 32.2. The molecule has 0 saturated heterocycles. The van der Waals surface area contributed by atoms with E-state index in [4.69, 9.17) is 0 Å². The molecule has 162 valence electrons. The Morgan fingerprint density at radius 2 is 1.87 bits per heavy atom. The Morgan fingerprint density at radius 3 is 2.58 bits per heavy atom. The lowest BCUT2D eigenvalue weighted by molar-refractivity contribution is -0.137. The molecule has 0 spiro atoms. The number of thioether (sulfide) groups is 1. The van der Waals surface area contributed by atoms with Crippen LogP contribution in [-0.4, -0.2) is 46.3 Å². The molecule has 0 aliphatic rings. The zero-order chi connectivity index (χ0) is 22.6. The number of carbonyl (C=O) groups is 2. The van der Waals surface area contributed by atoms with E-state index in [1.807, 2.05) is 0 Å². The van der Waals surface area contributed by atoms with Crippen molar-refractivity contribution in [1.82, 2.24) is 14.7 Å². The largest absolute Gasteiger partial charge is 0.416 e. The quantitative estimate of drug-likeness (QED) is 0.571. The molecular weight excluding hydrogens is 429 g/mol. The van der Waals surface area contributed by atoms with E-state index in [2.05, 4.69) is 10.4 Å². The topological polar surface area (TPSA) is 67.2 Å². The molecule has 0 saturated carbocycles. The second-order valence-electron chi connectivity index (χ2n) is 6.75. The molecule has 0 bridgehead atoms. The number of carbonyl (C=O) groups excluding carboxylic acids is 2. The highest BCUT2D eigenvalue weighted by Crippen LogP contribution is 2.30. The van der Waals surface area contributed by atoms with Crippen LogP contribution >= 0.6 is 11.8 Å². The van der Waals surface area contributed by atoms with Gasteiger partial charge in [0.05, 0.1) is 40.6 Å². The van der Waals surface area contributed by atoms with Gasteiger partial charge in [-0.25, -0.2) is 4.68 Å². The Hall–Kier alpha value is -3.27. The van der Waals surface area contributed by atoms with E-state index in [9.17, 15) is 22.8 Å². The number of alkyl halides is 3. The Morgan fingerprint density at radius 1 is 1.13 bits per heavy atom. The maximum atomic E-state index is 12.9. The van der Waals surface area contributed by atoms with Crippen molar-refractivity contribution in [3.05, 3.63) is 72.1 Å². The fourth-order valence-corrected chi connectivity index (χ4v) is 3.63. The summed E-state index contributed by atoms with van der Waals surface area (Å²) in [5.74, 6) is -0.309. The first-order valence-corrected chi connectivity index (χ1v) is 10.1. The summed E-state index contributed by atoms with van der Waals surface area (Å²) in [6, 6.07) is 11.6. The van der Waals surface area contributed by atoms with Gasteiger partial charge in [0.25, 0.3) is 5.91 Å². The summed E-state index contributed by atoms with van der Waals surface area (Å²) in [7, 11) is 3.31. The van der Waals surface area contributed by atoms with Crippen molar-refractivity contribution < 1.29 is 22.8 Å². The van der Waals surface area contributed by atoms with Crippen LogP contribution in [-0.2, 0) is 11.0 Å². The lowest BCUT2D eigenvalue weighted by Gasteiger charge is -2.12. The van der Waals surface area contributed by atoms with Crippen LogP contribution in [0.1, 0.15) is 15.9 Å². The first-order chi connectivity index (χ1) is 14.6. The monoisotopic (exact) mass is 448 g/mol. The first-order valence-electron chi connectivity index (χ1n) is 9.11. The zero-order valence-corrected chi connectivity index (χ0v) is 17.5. The third kappa shape index (κ3) is 5.66. The maximum Gasteiger partial charge on any atom is 0.416 e. The van der Waals surface area contributed by atoms with E-state index in [1.165, 1.54) is 45.9 Å². The minimum Gasteiger partial charge on any atom is -0.348 e. The SMILES string of the molecule is CN(C)C(=O)CSc1ccccc1C(=O)Nc1cnn(-c2cccc(C(F)(F)F)c2)c1. The van der Waals surface area contributed by atoms with E-state index in [0.29, 0.717) is 16.1 Å². The molecule has 6 nitrogen and oxygen atoms in total. The second kappa shape index (κ2) is 9.25. The summed E-state index contributed by atoms with van der Waals surface area (Å²) in [6.07, 6.45) is -1.68. The maximum absolute atomic E-state index is 12.9. The Balaban J connectivity index is 1.75. The summed E-state index contributed by atoms with van der Waals surface area (Å²) >= 11 is 1.25. The molecule has 3 aromatic rings. The number of anilines is 1. The molecule has 0 atom stereocenters. The highest BCUT2D eigenvalue weighted by molar-refractivity contribution is 8.00. The van der Waals surface area contributed by atoms with Gasteiger partial charge in [0.1, 0.15) is 0 Å². The predicted molar refractivity (Wildman–Crippen MR) is 112 cm³/mol. The van der Waals surface area contributed by atoms with Gasteiger partial charge in [-0.05, 0) is 30.3 Å². The average Bonchev–Trinajstić information content (AvgIpc) is 3.20. The highest BCUT2D eigenvalue weighted by Gasteiger charge is 2.30. The Bertz CT molecular complexity index is 1100. The third-order valence-electron chi connectivity index (χ3n) is 4.26. The van der Waals surface area contributed by atoms with E-state index in [1.54, 1.807) is 38.4 Å². The standard InChI is InChI=1S/C21H19F3N4O2S/c1-27(2)19(29)13-31-18-9-4-3-8-17(18)20(30)26-15-11-25-28(12-15)16-7-5-6-14(10-16)21(22,23)24/h3-12H,13H2,1-2H3,(H,26,30). The molecule has 1 N–H and O–H groups in total.